The molecule has 0 heterocycles. The van der Waals surface area contributed by atoms with Gasteiger partial charge in [0.05, 0.1) is 12.3 Å². The molecular formula is C25H28ClNO2. The summed E-state index contributed by atoms with van der Waals surface area (Å²) in [4.78, 5) is 0. The van der Waals surface area contributed by atoms with Crippen molar-refractivity contribution < 1.29 is 9.47 Å². The third kappa shape index (κ3) is 6.43. The Bertz CT molecular complexity index is 889. The molecule has 0 amide bonds. The van der Waals surface area contributed by atoms with Gasteiger partial charge < -0.3 is 14.8 Å². The Balaban J connectivity index is 1.44. The highest BCUT2D eigenvalue weighted by Gasteiger charge is 2.05. The van der Waals surface area contributed by atoms with Crippen LogP contribution in [0.1, 0.15) is 23.1 Å². The number of para-hydroxylation sites is 2. The largest absolute Gasteiger partial charge is 0.492 e. The van der Waals surface area contributed by atoms with Crippen molar-refractivity contribution in [2.45, 2.75) is 26.7 Å². The van der Waals surface area contributed by atoms with Crippen LogP contribution in [0.4, 0.5) is 5.69 Å². The highest BCUT2D eigenvalue weighted by Crippen LogP contribution is 2.26. The third-order valence-electron chi connectivity index (χ3n) is 4.69. The number of hydrogen-bond acceptors (Lipinski definition) is 3. The van der Waals surface area contributed by atoms with Crippen molar-refractivity contribution in [3.05, 3.63) is 88.4 Å². The number of rotatable bonds is 10. The molecule has 152 valence electrons. The predicted octanol–water partition coefficient (Wildman–Crippen LogP) is 6.46. The molecule has 0 atom stereocenters. The second kappa shape index (κ2) is 10.8. The highest BCUT2D eigenvalue weighted by molar-refractivity contribution is 6.32. The molecule has 0 aliphatic rings. The average molecular weight is 410 g/mol. The Morgan fingerprint density at radius 3 is 2.28 bits per heavy atom. The molecule has 3 aromatic rings. The van der Waals surface area contributed by atoms with Crippen molar-refractivity contribution in [2.75, 3.05) is 25.1 Å². The molecule has 0 aromatic heterocycles. The van der Waals surface area contributed by atoms with Crippen molar-refractivity contribution in [3.63, 3.8) is 0 Å². The number of anilines is 1. The average Bonchev–Trinajstić information content (AvgIpc) is 2.74. The van der Waals surface area contributed by atoms with E-state index in [1.165, 1.54) is 5.56 Å². The van der Waals surface area contributed by atoms with E-state index in [2.05, 4.69) is 29.6 Å². The van der Waals surface area contributed by atoms with Gasteiger partial charge in [0.15, 0.2) is 0 Å². The lowest BCUT2D eigenvalue weighted by Crippen LogP contribution is -2.12. The monoisotopic (exact) mass is 409 g/mol. The number of ether oxygens (including phenoxy) is 2. The first-order chi connectivity index (χ1) is 14.1. The van der Waals surface area contributed by atoms with Gasteiger partial charge in [0.1, 0.15) is 18.1 Å². The molecule has 4 heteroatoms. The number of benzene rings is 3. The molecule has 0 fully saturated rings. The fourth-order valence-corrected chi connectivity index (χ4v) is 3.29. The minimum Gasteiger partial charge on any atom is -0.492 e. The molecule has 0 aliphatic carbocycles. The van der Waals surface area contributed by atoms with Crippen LogP contribution >= 0.6 is 11.6 Å². The number of hydrogen-bond donors (Lipinski definition) is 1. The molecular weight excluding hydrogens is 382 g/mol. The van der Waals surface area contributed by atoms with E-state index < -0.39 is 0 Å². The summed E-state index contributed by atoms with van der Waals surface area (Å²) < 4.78 is 11.9. The van der Waals surface area contributed by atoms with Crippen molar-refractivity contribution >= 4 is 17.3 Å². The minimum atomic E-state index is 0.558. The van der Waals surface area contributed by atoms with Crippen LogP contribution in [0.2, 0.25) is 5.02 Å². The molecule has 1 N–H and O–H groups in total. The van der Waals surface area contributed by atoms with Gasteiger partial charge in [-0.15, -0.1) is 0 Å². The Morgan fingerprint density at radius 1 is 0.828 bits per heavy atom. The van der Waals surface area contributed by atoms with Gasteiger partial charge in [-0.3, -0.25) is 0 Å². The second-order valence-corrected chi connectivity index (χ2v) is 7.46. The predicted molar refractivity (Wildman–Crippen MR) is 122 cm³/mol. The van der Waals surface area contributed by atoms with Crippen LogP contribution in [0.15, 0.2) is 66.7 Å². The van der Waals surface area contributed by atoms with Crippen molar-refractivity contribution in [1.29, 1.82) is 0 Å². The molecule has 0 bridgehead atoms. The first kappa shape index (κ1) is 21.1. The Labute approximate surface area is 178 Å². The van der Waals surface area contributed by atoms with E-state index in [1.807, 2.05) is 56.3 Å². The van der Waals surface area contributed by atoms with Crippen LogP contribution in [-0.2, 0) is 6.42 Å². The van der Waals surface area contributed by atoms with Crippen molar-refractivity contribution in [1.82, 2.24) is 0 Å². The summed E-state index contributed by atoms with van der Waals surface area (Å²) in [6, 6.07) is 22.5. The fraction of sp³-hybridized carbons (Fsp3) is 0.280. The van der Waals surface area contributed by atoms with Crippen molar-refractivity contribution in [2.24, 2.45) is 0 Å². The Morgan fingerprint density at radius 2 is 1.52 bits per heavy atom. The molecule has 3 aromatic carbocycles. The fourth-order valence-electron chi connectivity index (χ4n) is 3.19. The summed E-state index contributed by atoms with van der Waals surface area (Å²) in [6.07, 6.45) is 2.00. The summed E-state index contributed by atoms with van der Waals surface area (Å²) in [5.74, 6) is 1.72. The molecule has 0 saturated heterocycles. The molecule has 3 nitrogen and oxygen atoms in total. The Hall–Kier alpha value is -2.65. The summed E-state index contributed by atoms with van der Waals surface area (Å²) in [7, 11) is 0. The van der Waals surface area contributed by atoms with E-state index in [9.17, 15) is 0 Å². The molecule has 3 rings (SSSR count). The maximum absolute atomic E-state index is 6.21. The van der Waals surface area contributed by atoms with Gasteiger partial charge in [-0.2, -0.15) is 0 Å². The van der Waals surface area contributed by atoms with E-state index >= 15 is 0 Å². The zero-order chi connectivity index (χ0) is 20.5. The lowest BCUT2D eigenvalue weighted by atomic mass is 10.1. The van der Waals surface area contributed by atoms with Crippen LogP contribution < -0.4 is 14.8 Å². The number of nitrogens with one attached hydrogen (secondary N) is 1. The Kier molecular flexibility index (Phi) is 7.83. The first-order valence-electron chi connectivity index (χ1n) is 10.0. The SMILES string of the molecule is Cc1cc(OCCNc2ccccc2OCCCc2ccccc2)cc(C)c1Cl. The number of halogens is 1. The molecule has 0 spiro atoms. The van der Waals surface area contributed by atoms with E-state index in [-0.39, 0.29) is 0 Å². The van der Waals surface area contributed by atoms with E-state index in [0.29, 0.717) is 19.8 Å². The summed E-state index contributed by atoms with van der Waals surface area (Å²) >= 11 is 6.21. The smallest absolute Gasteiger partial charge is 0.142 e. The lowest BCUT2D eigenvalue weighted by molar-refractivity contribution is 0.311. The van der Waals surface area contributed by atoms with Crippen LogP contribution in [0.5, 0.6) is 11.5 Å². The van der Waals surface area contributed by atoms with Gasteiger partial charge >= 0.3 is 0 Å². The van der Waals surface area contributed by atoms with Gasteiger partial charge in [0.2, 0.25) is 0 Å². The summed E-state index contributed by atoms with van der Waals surface area (Å²) in [5, 5.41) is 4.21. The van der Waals surface area contributed by atoms with Gasteiger partial charge in [-0.05, 0) is 67.6 Å². The van der Waals surface area contributed by atoms with E-state index in [1.54, 1.807) is 0 Å². The highest BCUT2D eigenvalue weighted by atomic mass is 35.5. The van der Waals surface area contributed by atoms with Crippen LogP contribution in [-0.4, -0.2) is 19.8 Å². The quantitative estimate of drug-likeness (QED) is 0.390. The topological polar surface area (TPSA) is 30.5 Å². The van der Waals surface area contributed by atoms with Crippen LogP contribution in [0.3, 0.4) is 0 Å². The molecule has 0 radical (unpaired) electrons. The third-order valence-corrected chi connectivity index (χ3v) is 5.29. The normalized spacial score (nSPS) is 10.6. The standard InChI is InChI=1S/C25H28ClNO2/c1-19-17-22(18-20(2)25(19)26)28-16-14-27-23-12-6-7-13-24(23)29-15-8-11-21-9-4-3-5-10-21/h3-7,9-10,12-13,17-18,27H,8,11,14-16H2,1-2H3. The van der Waals surface area contributed by atoms with Gasteiger partial charge in [-0.1, -0.05) is 54.1 Å². The van der Waals surface area contributed by atoms with Crippen molar-refractivity contribution in [3.8, 4) is 11.5 Å². The first-order valence-corrected chi connectivity index (χ1v) is 10.4. The molecule has 0 unspecified atom stereocenters. The molecule has 0 aliphatic heterocycles. The maximum atomic E-state index is 6.21. The maximum Gasteiger partial charge on any atom is 0.142 e. The molecule has 0 saturated carbocycles. The zero-order valence-electron chi connectivity index (χ0n) is 17.1. The van der Waals surface area contributed by atoms with E-state index in [0.717, 1.165) is 46.2 Å². The minimum absolute atomic E-state index is 0.558. The molecule has 29 heavy (non-hydrogen) atoms. The van der Waals surface area contributed by atoms with Gasteiger partial charge in [0, 0.05) is 11.6 Å². The van der Waals surface area contributed by atoms with Gasteiger partial charge in [0.25, 0.3) is 0 Å². The summed E-state index contributed by atoms with van der Waals surface area (Å²) in [5.41, 5.74) is 4.39. The zero-order valence-corrected chi connectivity index (χ0v) is 17.8. The van der Waals surface area contributed by atoms with E-state index in [4.69, 9.17) is 21.1 Å². The lowest BCUT2D eigenvalue weighted by Gasteiger charge is -2.14. The number of aryl methyl sites for hydroxylation is 3. The van der Waals surface area contributed by atoms with Gasteiger partial charge in [-0.25, -0.2) is 0 Å². The van der Waals surface area contributed by atoms with Crippen LogP contribution in [0, 0.1) is 13.8 Å². The second-order valence-electron chi connectivity index (χ2n) is 7.08. The summed E-state index contributed by atoms with van der Waals surface area (Å²) in [6.45, 7) is 5.92. The van der Waals surface area contributed by atoms with Crippen LogP contribution in [0.25, 0.3) is 0 Å².